The summed E-state index contributed by atoms with van der Waals surface area (Å²) in [7, 11) is 0. The molecule has 0 aliphatic carbocycles. The quantitative estimate of drug-likeness (QED) is 0.555. The second kappa shape index (κ2) is 5.47. The molecule has 0 amide bonds. The predicted octanol–water partition coefficient (Wildman–Crippen LogP) is 2.04. The molecule has 0 bridgehead atoms. The van der Waals surface area contributed by atoms with Crippen molar-refractivity contribution in [2.24, 2.45) is 0 Å². The predicted molar refractivity (Wildman–Crippen MR) is 78.0 cm³/mol. The first-order valence-corrected chi connectivity index (χ1v) is 7.51. The molecule has 102 valence electrons. The minimum atomic E-state index is 0.337. The zero-order chi connectivity index (χ0) is 13.9. The van der Waals surface area contributed by atoms with Crippen LogP contribution in [0.1, 0.15) is 5.89 Å². The molecule has 0 fully saturated rings. The molecule has 0 saturated heterocycles. The first kappa shape index (κ1) is 12.9. The largest absolute Gasteiger partial charge is 0.383 e. The monoisotopic (exact) mass is 306 g/mol. The lowest BCUT2D eigenvalue weighted by atomic mass is 10.3. The van der Waals surface area contributed by atoms with E-state index in [1.807, 2.05) is 16.8 Å². The van der Waals surface area contributed by atoms with E-state index in [1.165, 1.54) is 17.8 Å². The van der Waals surface area contributed by atoms with Crippen LogP contribution in [-0.2, 0) is 5.75 Å². The first-order chi connectivity index (χ1) is 9.70. The van der Waals surface area contributed by atoms with E-state index in [1.54, 1.807) is 11.3 Å². The smallest absolute Gasteiger partial charge is 0.237 e. The molecule has 3 rings (SSSR count). The molecule has 3 heterocycles. The number of nitrogens with zero attached hydrogens (tertiary/aromatic N) is 4. The summed E-state index contributed by atoms with van der Waals surface area (Å²) >= 11 is 2.92. The highest BCUT2D eigenvalue weighted by molar-refractivity contribution is 7.98. The van der Waals surface area contributed by atoms with Gasteiger partial charge in [0, 0.05) is 17.0 Å². The van der Waals surface area contributed by atoms with Crippen molar-refractivity contribution in [3.8, 4) is 11.4 Å². The lowest BCUT2D eigenvalue weighted by Gasteiger charge is -2.00. The third-order valence-electron chi connectivity index (χ3n) is 2.32. The van der Waals surface area contributed by atoms with Crippen molar-refractivity contribution < 1.29 is 4.52 Å². The number of nitrogen functional groups attached to an aromatic ring is 2. The molecule has 0 unspecified atom stereocenters. The zero-order valence-electron chi connectivity index (χ0n) is 10.2. The summed E-state index contributed by atoms with van der Waals surface area (Å²) in [4.78, 5) is 12.4. The number of thioether (sulfide) groups is 1. The molecule has 7 nitrogen and oxygen atoms in total. The average molecular weight is 306 g/mol. The second-order valence-corrected chi connectivity index (χ2v) is 5.54. The number of anilines is 2. The van der Waals surface area contributed by atoms with Gasteiger partial charge in [0.15, 0.2) is 5.16 Å². The SMILES string of the molecule is Nc1cc(N)nc(SCc2nc(-c3ccsc3)no2)n1. The summed E-state index contributed by atoms with van der Waals surface area (Å²) in [6.07, 6.45) is 0. The van der Waals surface area contributed by atoms with E-state index in [9.17, 15) is 0 Å². The molecule has 0 aromatic carbocycles. The lowest BCUT2D eigenvalue weighted by molar-refractivity contribution is 0.391. The molecule has 0 radical (unpaired) electrons. The minimum absolute atomic E-state index is 0.337. The van der Waals surface area contributed by atoms with Crippen LogP contribution in [0.25, 0.3) is 11.4 Å². The van der Waals surface area contributed by atoms with Gasteiger partial charge in [0.1, 0.15) is 11.6 Å². The fourth-order valence-corrected chi connectivity index (χ4v) is 2.82. The Morgan fingerprint density at radius 2 is 2.00 bits per heavy atom. The number of hydrogen-bond donors (Lipinski definition) is 2. The van der Waals surface area contributed by atoms with Gasteiger partial charge >= 0.3 is 0 Å². The highest BCUT2D eigenvalue weighted by Crippen LogP contribution is 2.23. The molecule has 9 heteroatoms. The van der Waals surface area contributed by atoms with Gasteiger partial charge in [0.2, 0.25) is 11.7 Å². The van der Waals surface area contributed by atoms with Crippen LogP contribution in [-0.4, -0.2) is 20.1 Å². The van der Waals surface area contributed by atoms with Crippen molar-refractivity contribution in [2.75, 3.05) is 11.5 Å². The molecular weight excluding hydrogens is 296 g/mol. The molecule has 0 atom stereocenters. The van der Waals surface area contributed by atoms with Crippen molar-refractivity contribution in [3.63, 3.8) is 0 Å². The summed E-state index contributed by atoms with van der Waals surface area (Å²) in [5.41, 5.74) is 12.1. The highest BCUT2D eigenvalue weighted by atomic mass is 32.2. The Balaban J connectivity index is 1.69. The maximum atomic E-state index is 5.60. The summed E-state index contributed by atoms with van der Waals surface area (Å²) in [5.74, 6) is 2.21. The fraction of sp³-hybridized carbons (Fsp3) is 0.0909. The van der Waals surface area contributed by atoms with E-state index in [2.05, 4.69) is 20.1 Å². The summed E-state index contributed by atoms with van der Waals surface area (Å²) in [6, 6.07) is 3.44. The van der Waals surface area contributed by atoms with Crippen LogP contribution >= 0.6 is 23.1 Å². The molecule has 3 aromatic rings. The molecule has 20 heavy (non-hydrogen) atoms. The Morgan fingerprint density at radius 1 is 1.20 bits per heavy atom. The summed E-state index contributed by atoms with van der Waals surface area (Å²) < 4.78 is 5.18. The molecule has 0 aliphatic rings. The number of hydrogen-bond acceptors (Lipinski definition) is 9. The Labute approximate surface area is 122 Å². The van der Waals surface area contributed by atoms with E-state index in [4.69, 9.17) is 16.0 Å². The molecule has 3 aromatic heterocycles. The van der Waals surface area contributed by atoms with Gasteiger partial charge < -0.3 is 16.0 Å². The minimum Gasteiger partial charge on any atom is -0.383 e. The molecule has 0 saturated carbocycles. The van der Waals surface area contributed by atoms with Crippen LogP contribution in [0, 0.1) is 0 Å². The van der Waals surface area contributed by atoms with Crippen molar-refractivity contribution >= 4 is 34.7 Å². The van der Waals surface area contributed by atoms with Crippen molar-refractivity contribution in [3.05, 3.63) is 28.8 Å². The molecule has 0 spiro atoms. The fourth-order valence-electron chi connectivity index (χ4n) is 1.48. The van der Waals surface area contributed by atoms with E-state index in [0.717, 1.165) is 5.56 Å². The number of aromatic nitrogens is 4. The van der Waals surface area contributed by atoms with E-state index in [-0.39, 0.29) is 0 Å². The standard InChI is InChI=1S/C11H10N6OS2/c12-7-3-8(13)15-11(14-7)20-5-9-16-10(17-18-9)6-1-2-19-4-6/h1-4H,5H2,(H4,12,13,14,15). The van der Waals surface area contributed by atoms with Crippen LogP contribution in [0.15, 0.2) is 32.6 Å². The van der Waals surface area contributed by atoms with E-state index < -0.39 is 0 Å². The maximum Gasteiger partial charge on any atom is 0.237 e. The van der Waals surface area contributed by atoms with Gasteiger partial charge in [-0.1, -0.05) is 16.9 Å². The first-order valence-electron chi connectivity index (χ1n) is 5.59. The lowest BCUT2D eigenvalue weighted by Crippen LogP contribution is -1.99. The van der Waals surface area contributed by atoms with Gasteiger partial charge in [-0.25, -0.2) is 9.97 Å². The molecule has 0 aliphatic heterocycles. The summed E-state index contributed by atoms with van der Waals surface area (Å²) in [5, 5.41) is 8.33. The number of rotatable bonds is 4. The Hall–Kier alpha value is -2.13. The third-order valence-corrected chi connectivity index (χ3v) is 3.83. The van der Waals surface area contributed by atoms with Crippen molar-refractivity contribution in [1.82, 2.24) is 20.1 Å². The summed E-state index contributed by atoms with van der Waals surface area (Å²) in [6.45, 7) is 0. The highest BCUT2D eigenvalue weighted by Gasteiger charge is 2.10. The van der Waals surface area contributed by atoms with Gasteiger partial charge in [-0.05, 0) is 11.4 Å². The zero-order valence-corrected chi connectivity index (χ0v) is 11.8. The van der Waals surface area contributed by atoms with Gasteiger partial charge in [0.25, 0.3) is 0 Å². The van der Waals surface area contributed by atoms with Crippen molar-refractivity contribution in [2.45, 2.75) is 10.9 Å². The third kappa shape index (κ3) is 2.89. The Morgan fingerprint density at radius 3 is 2.70 bits per heavy atom. The number of thiophene rings is 1. The van der Waals surface area contributed by atoms with Gasteiger partial charge in [-0.15, -0.1) is 0 Å². The normalized spacial score (nSPS) is 10.8. The topological polar surface area (TPSA) is 117 Å². The average Bonchev–Trinajstić information content (AvgIpc) is 3.06. The van der Waals surface area contributed by atoms with Crippen LogP contribution < -0.4 is 11.5 Å². The Bertz CT molecular complexity index is 691. The van der Waals surface area contributed by atoms with E-state index in [0.29, 0.717) is 34.3 Å². The van der Waals surface area contributed by atoms with Crippen LogP contribution in [0.5, 0.6) is 0 Å². The molecule has 4 N–H and O–H groups in total. The van der Waals surface area contributed by atoms with Gasteiger partial charge in [-0.2, -0.15) is 16.3 Å². The Kier molecular flexibility index (Phi) is 3.52. The van der Waals surface area contributed by atoms with Crippen LogP contribution in [0.3, 0.4) is 0 Å². The number of nitrogens with two attached hydrogens (primary N) is 2. The van der Waals surface area contributed by atoms with Crippen LogP contribution in [0.4, 0.5) is 11.6 Å². The van der Waals surface area contributed by atoms with E-state index >= 15 is 0 Å². The maximum absolute atomic E-state index is 5.60. The van der Waals surface area contributed by atoms with Crippen molar-refractivity contribution in [1.29, 1.82) is 0 Å². The van der Waals surface area contributed by atoms with Gasteiger partial charge in [0.05, 0.1) is 5.75 Å². The van der Waals surface area contributed by atoms with Crippen LogP contribution in [0.2, 0.25) is 0 Å². The molecular formula is C11H10N6OS2. The second-order valence-electron chi connectivity index (χ2n) is 3.81. The van der Waals surface area contributed by atoms with Gasteiger partial charge in [-0.3, -0.25) is 0 Å².